The number of carbonyl (C=O) groups is 2. The molecule has 0 aliphatic rings. The number of hydrogen-bond acceptors (Lipinski definition) is 3. The predicted molar refractivity (Wildman–Crippen MR) is 84.6 cm³/mol. The third-order valence-corrected chi connectivity index (χ3v) is 4.75. The van der Waals surface area contributed by atoms with Crippen LogP contribution in [0.3, 0.4) is 0 Å². The Bertz CT molecular complexity index is 495. The summed E-state index contributed by atoms with van der Waals surface area (Å²) < 4.78 is 0. The number of aliphatic carboxylic acids is 1. The highest BCUT2D eigenvalue weighted by molar-refractivity contribution is 7.07. The van der Waals surface area contributed by atoms with Crippen LogP contribution in [0.5, 0.6) is 0 Å². The average Bonchev–Trinajstić information content (AvgIpc) is 2.79. The van der Waals surface area contributed by atoms with Gasteiger partial charge in [0.05, 0.1) is 11.0 Å². The van der Waals surface area contributed by atoms with Gasteiger partial charge in [-0.25, -0.2) is 4.79 Å². The van der Waals surface area contributed by atoms with Crippen molar-refractivity contribution in [3.05, 3.63) is 22.4 Å². The first kappa shape index (κ1) is 17.5. The topological polar surface area (TPSA) is 78.4 Å². The highest BCUT2D eigenvalue weighted by Gasteiger charge is 2.44. The number of carboxylic acids is 1. The van der Waals surface area contributed by atoms with Gasteiger partial charge in [0.25, 0.3) is 0 Å². The van der Waals surface area contributed by atoms with E-state index in [0.29, 0.717) is 0 Å². The second-order valence-corrected chi connectivity index (χ2v) is 7.17. The molecule has 0 aliphatic carbocycles. The summed E-state index contributed by atoms with van der Waals surface area (Å²) in [5.74, 6) is -0.945. The zero-order chi connectivity index (χ0) is 16.3. The van der Waals surface area contributed by atoms with Crippen LogP contribution in [0.4, 0.5) is 4.79 Å². The predicted octanol–water partition coefficient (Wildman–Crippen LogP) is 2.87. The molecule has 6 heteroatoms. The maximum absolute atomic E-state index is 12.1. The smallest absolute Gasteiger partial charge is 0.315 e. The van der Waals surface area contributed by atoms with Gasteiger partial charge in [0.2, 0.25) is 0 Å². The summed E-state index contributed by atoms with van der Waals surface area (Å²) >= 11 is 1.62. The van der Waals surface area contributed by atoms with E-state index in [1.54, 1.807) is 39.0 Å². The van der Waals surface area contributed by atoms with E-state index >= 15 is 0 Å². The third-order valence-electron chi connectivity index (χ3n) is 4.02. The fourth-order valence-electron chi connectivity index (χ4n) is 1.78. The minimum Gasteiger partial charge on any atom is -0.481 e. The van der Waals surface area contributed by atoms with Crippen molar-refractivity contribution in [3.8, 4) is 0 Å². The molecule has 0 saturated carbocycles. The van der Waals surface area contributed by atoms with Crippen LogP contribution < -0.4 is 10.6 Å². The number of nitrogens with one attached hydrogen (secondary N) is 2. The summed E-state index contributed by atoms with van der Waals surface area (Å²) in [7, 11) is 0. The normalized spacial score (nSPS) is 13.6. The number of urea groups is 1. The average molecular weight is 312 g/mol. The lowest BCUT2D eigenvalue weighted by Gasteiger charge is -2.39. The zero-order valence-electron chi connectivity index (χ0n) is 13.2. The molecule has 118 valence electrons. The Hall–Kier alpha value is -1.56. The molecular weight excluding hydrogens is 288 g/mol. The van der Waals surface area contributed by atoms with Crippen LogP contribution in [0, 0.1) is 5.41 Å². The van der Waals surface area contributed by atoms with Crippen molar-refractivity contribution in [2.75, 3.05) is 0 Å². The lowest BCUT2D eigenvalue weighted by molar-refractivity contribution is -0.150. The van der Waals surface area contributed by atoms with Crippen LogP contribution in [-0.4, -0.2) is 28.7 Å². The van der Waals surface area contributed by atoms with Gasteiger partial charge in [-0.1, -0.05) is 0 Å². The lowest BCUT2D eigenvalue weighted by atomic mass is 9.74. The molecular formula is C15H24N2O3S. The Morgan fingerprint density at radius 3 is 2.43 bits per heavy atom. The van der Waals surface area contributed by atoms with Crippen molar-refractivity contribution < 1.29 is 14.7 Å². The standard InChI is InChI=1S/C15H24N2O3S/c1-10(8-11-6-7-21-9-11)16-13(20)17-15(4,5)14(2,3)12(18)19/h6-7,9-10H,8H2,1-5H3,(H,18,19)(H2,16,17,20). The Morgan fingerprint density at radius 2 is 1.95 bits per heavy atom. The molecule has 0 fully saturated rings. The molecule has 0 saturated heterocycles. The Balaban J connectivity index is 2.58. The maximum Gasteiger partial charge on any atom is 0.315 e. The number of carbonyl (C=O) groups excluding carboxylic acids is 1. The molecule has 1 atom stereocenters. The maximum atomic E-state index is 12.1. The van der Waals surface area contributed by atoms with E-state index in [4.69, 9.17) is 0 Å². The number of carboxylic acid groups (broad SMARTS) is 1. The number of thiophene rings is 1. The van der Waals surface area contributed by atoms with Gasteiger partial charge < -0.3 is 15.7 Å². The molecule has 21 heavy (non-hydrogen) atoms. The number of hydrogen-bond donors (Lipinski definition) is 3. The van der Waals surface area contributed by atoms with Crippen LogP contribution in [0.2, 0.25) is 0 Å². The summed E-state index contributed by atoms with van der Waals surface area (Å²) in [4.78, 5) is 23.4. The molecule has 0 radical (unpaired) electrons. The molecule has 3 N–H and O–H groups in total. The third kappa shape index (κ3) is 4.46. The van der Waals surface area contributed by atoms with Crippen LogP contribution in [-0.2, 0) is 11.2 Å². The highest BCUT2D eigenvalue weighted by Crippen LogP contribution is 2.30. The first-order valence-electron chi connectivity index (χ1n) is 6.89. The van der Waals surface area contributed by atoms with E-state index in [9.17, 15) is 14.7 Å². The van der Waals surface area contributed by atoms with Crippen LogP contribution >= 0.6 is 11.3 Å². The van der Waals surface area contributed by atoms with E-state index in [-0.39, 0.29) is 12.1 Å². The van der Waals surface area contributed by atoms with Gasteiger partial charge >= 0.3 is 12.0 Å². The molecule has 5 nitrogen and oxygen atoms in total. The Kier molecular flexibility index (Phi) is 5.39. The summed E-state index contributed by atoms with van der Waals surface area (Å²) in [5.41, 5.74) is -0.760. The summed E-state index contributed by atoms with van der Waals surface area (Å²) in [6.45, 7) is 8.55. The summed E-state index contributed by atoms with van der Waals surface area (Å²) in [5, 5.41) is 18.9. The number of amides is 2. The lowest BCUT2D eigenvalue weighted by Crippen LogP contribution is -2.59. The van der Waals surface area contributed by atoms with Crippen molar-refractivity contribution in [1.29, 1.82) is 0 Å². The van der Waals surface area contributed by atoms with Crippen molar-refractivity contribution >= 4 is 23.3 Å². The molecule has 1 heterocycles. The quantitative estimate of drug-likeness (QED) is 0.756. The van der Waals surface area contributed by atoms with Crippen LogP contribution in [0.25, 0.3) is 0 Å². The van der Waals surface area contributed by atoms with E-state index in [2.05, 4.69) is 10.6 Å². The molecule has 0 spiro atoms. The van der Waals surface area contributed by atoms with Gasteiger partial charge in [-0.3, -0.25) is 4.79 Å². The van der Waals surface area contributed by atoms with Gasteiger partial charge in [-0.2, -0.15) is 11.3 Å². The van der Waals surface area contributed by atoms with Gasteiger partial charge in [0, 0.05) is 6.04 Å². The van der Waals surface area contributed by atoms with Crippen molar-refractivity contribution in [1.82, 2.24) is 10.6 Å². The molecule has 0 aliphatic heterocycles. The van der Waals surface area contributed by atoms with Crippen molar-refractivity contribution in [2.24, 2.45) is 5.41 Å². The zero-order valence-corrected chi connectivity index (χ0v) is 14.0. The van der Waals surface area contributed by atoms with E-state index in [1.165, 1.54) is 5.56 Å². The van der Waals surface area contributed by atoms with Crippen LogP contribution in [0.1, 0.15) is 40.2 Å². The largest absolute Gasteiger partial charge is 0.481 e. The molecule has 0 aromatic carbocycles. The van der Waals surface area contributed by atoms with E-state index in [0.717, 1.165) is 6.42 Å². The molecule has 1 aromatic heterocycles. The van der Waals surface area contributed by atoms with Gasteiger partial charge in [-0.05, 0) is 63.4 Å². The fraction of sp³-hybridized carbons (Fsp3) is 0.600. The first-order valence-corrected chi connectivity index (χ1v) is 7.83. The van der Waals surface area contributed by atoms with E-state index in [1.807, 2.05) is 23.8 Å². The Labute approximate surface area is 129 Å². The highest BCUT2D eigenvalue weighted by atomic mass is 32.1. The minimum atomic E-state index is -1.07. The van der Waals surface area contributed by atoms with Crippen molar-refractivity contribution in [2.45, 2.75) is 52.6 Å². The molecule has 1 rings (SSSR count). The molecule has 1 aromatic rings. The minimum absolute atomic E-state index is 0.0247. The Morgan fingerprint density at radius 1 is 1.33 bits per heavy atom. The first-order chi connectivity index (χ1) is 9.56. The fourth-order valence-corrected chi connectivity index (χ4v) is 2.46. The summed E-state index contributed by atoms with van der Waals surface area (Å²) in [6, 6.07) is 1.65. The SMILES string of the molecule is CC(Cc1ccsc1)NC(=O)NC(C)(C)C(C)(C)C(=O)O. The van der Waals surface area contributed by atoms with Crippen LogP contribution in [0.15, 0.2) is 16.8 Å². The van der Waals surface area contributed by atoms with Gasteiger partial charge in [-0.15, -0.1) is 0 Å². The molecule has 1 unspecified atom stereocenters. The summed E-state index contributed by atoms with van der Waals surface area (Å²) in [6.07, 6.45) is 0.750. The monoisotopic (exact) mass is 312 g/mol. The second kappa shape index (κ2) is 6.47. The van der Waals surface area contributed by atoms with Crippen molar-refractivity contribution in [3.63, 3.8) is 0 Å². The van der Waals surface area contributed by atoms with Gasteiger partial charge in [0.1, 0.15) is 0 Å². The second-order valence-electron chi connectivity index (χ2n) is 6.39. The van der Waals surface area contributed by atoms with Gasteiger partial charge in [0.15, 0.2) is 0 Å². The van der Waals surface area contributed by atoms with E-state index < -0.39 is 16.9 Å². The molecule has 2 amide bonds. The molecule has 0 bridgehead atoms. The number of rotatable bonds is 6.